The van der Waals surface area contributed by atoms with Crippen LogP contribution in [-0.4, -0.2) is 11.6 Å². The van der Waals surface area contributed by atoms with Crippen molar-refractivity contribution >= 4 is 57.3 Å². The molecule has 6 heteroatoms. The molecule has 0 aliphatic carbocycles. The topological polar surface area (TPSA) is 34.1 Å². The Kier molecular flexibility index (Phi) is 12.5. The van der Waals surface area contributed by atoms with Crippen LogP contribution in [0.4, 0.5) is 0 Å². The molecule has 0 radical (unpaired) electrons. The molecule has 0 amide bonds. The SMILES string of the molecule is C=CCCCCCCCCC(=O)c1ccc(C2C=CC(C(=O)CCCCCC)(c3ccc(-c4cccs4)s3)S2)s1. The van der Waals surface area contributed by atoms with Gasteiger partial charge < -0.3 is 0 Å². The molecule has 2 atom stereocenters. The molecule has 0 saturated heterocycles. The van der Waals surface area contributed by atoms with E-state index in [0.717, 1.165) is 41.9 Å². The number of rotatable bonds is 19. The minimum atomic E-state index is -0.642. The van der Waals surface area contributed by atoms with Crippen molar-refractivity contribution in [2.75, 3.05) is 0 Å². The van der Waals surface area contributed by atoms with Crippen molar-refractivity contribution in [2.24, 2.45) is 0 Å². The third kappa shape index (κ3) is 8.18. The second-order valence-corrected chi connectivity index (χ2v) is 15.1. The molecular weight excluding hydrogens is 569 g/mol. The highest BCUT2D eigenvalue weighted by Crippen LogP contribution is 2.56. The fourth-order valence-corrected chi connectivity index (χ4v) is 9.89. The van der Waals surface area contributed by atoms with E-state index in [1.165, 1.54) is 53.2 Å². The van der Waals surface area contributed by atoms with Crippen molar-refractivity contribution in [3.8, 4) is 9.75 Å². The molecular formula is C34H42O2S4. The van der Waals surface area contributed by atoms with Crippen LogP contribution in [0.3, 0.4) is 0 Å². The van der Waals surface area contributed by atoms with Crippen molar-refractivity contribution in [1.82, 2.24) is 0 Å². The second kappa shape index (κ2) is 16.1. The maximum atomic E-state index is 13.8. The Labute approximate surface area is 257 Å². The van der Waals surface area contributed by atoms with Crippen molar-refractivity contribution in [3.05, 3.63) is 81.2 Å². The number of unbranched alkanes of at least 4 members (excludes halogenated alkanes) is 9. The lowest BCUT2D eigenvalue weighted by Crippen LogP contribution is -2.28. The third-order valence-corrected chi connectivity index (χ3v) is 12.9. The Morgan fingerprint density at radius 2 is 1.65 bits per heavy atom. The number of ketones is 2. The Hall–Kier alpha value is -1.73. The normalized spacial score (nSPS) is 18.4. The number of thiophene rings is 3. The van der Waals surface area contributed by atoms with E-state index >= 15 is 0 Å². The maximum absolute atomic E-state index is 13.8. The first kappa shape index (κ1) is 31.2. The van der Waals surface area contributed by atoms with E-state index in [-0.39, 0.29) is 11.0 Å². The molecule has 3 aromatic heterocycles. The Morgan fingerprint density at radius 3 is 2.42 bits per heavy atom. The summed E-state index contributed by atoms with van der Waals surface area (Å²) in [6.07, 6.45) is 20.1. The molecule has 0 fully saturated rings. The number of thioether (sulfide) groups is 1. The zero-order valence-corrected chi connectivity index (χ0v) is 27.0. The molecule has 1 aliphatic heterocycles. The summed E-state index contributed by atoms with van der Waals surface area (Å²) in [7, 11) is 0. The molecule has 2 unspecified atom stereocenters. The summed E-state index contributed by atoms with van der Waals surface area (Å²) in [5.41, 5.74) is 0. The van der Waals surface area contributed by atoms with Gasteiger partial charge in [-0.2, -0.15) is 0 Å². The lowest BCUT2D eigenvalue weighted by Gasteiger charge is -2.26. The summed E-state index contributed by atoms with van der Waals surface area (Å²) in [6, 6.07) is 12.7. The first-order chi connectivity index (χ1) is 19.6. The van der Waals surface area contributed by atoms with Gasteiger partial charge in [0.1, 0.15) is 4.75 Å². The molecule has 0 aromatic carbocycles. The van der Waals surface area contributed by atoms with Gasteiger partial charge in [-0.3, -0.25) is 9.59 Å². The van der Waals surface area contributed by atoms with E-state index < -0.39 is 4.75 Å². The lowest BCUT2D eigenvalue weighted by atomic mass is 9.95. The smallest absolute Gasteiger partial charge is 0.172 e. The molecule has 40 heavy (non-hydrogen) atoms. The monoisotopic (exact) mass is 610 g/mol. The predicted octanol–water partition coefficient (Wildman–Crippen LogP) is 11.8. The number of carbonyl (C=O) groups excluding carboxylic acids is 2. The van der Waals surface area contributed by atoms with Gasteiger partial charge in [0.2, 0.25) is 0 Å². The minimum absolute atomic E-state index is 0.0917. The predicted molar refractivity (Wildman–Crippen MR) is 178 cm³/mol. The fourth-order valence-electron chi connectivity index (χ4n) is 5.14. The summed E-state index contributed by atoms with van der Waals surface area (Å²) in [5.74, 6) is 0.566. The summed E-state index contributed by atoms with van der Waals surface area (Å²) in [5, 5.41) is 2.19. The van der Waals surface area contributed by atoms with E-state index in [2.05, 4.69) is 61.4 Å². The third-order valence-electron chi connectivity index (χ3n) is 7.47. The van der Waals surface area contributed by atoms with E-state index in [4.69, 9.17) is 0 Å². The average Bonchev–Trinajstić information content (AvgIpc) is 3.78. The summed E-state index contributed by atoms with van der Waals surface area (Å²) >= 11 is 6.85. The average molecular weight is 611 g/mol. The number of carbonyl (C=O) groups is 2. The molecule has 1 aliphatic rings. The van der Waals surface area contributed by atoms with Crippen molar-refractivity contribution < 1.29 is 9.59 Å². The first-order valence-electron chi connectivity index (χ1n) is 14.9. The molecule has 3 aromatic rings. The highest BCUT2D eigenvalue weighted by atomic mass is 32.2. The Morgan fingerprint density at radius 1 is 0.875 bits per heavy atom. The standard InChI is InChI=1S/C34H42O2S4/c1-3-5-7-9-10-11-12-13-16-26(35)27-19-20-30(38-27)31-23-24-34(40-31,32(36)18-14-8-6-4-2)33-22-21-29(39-33)28-17-15-25-37-28/h3,15,17,19-25,31H,1,4-14,16,18H2,2H3. The van der Waals surface area contributed by atoms with Gasteiger partial charge in [-0.1, -0.05) is 76.2 Å². The van der Waals surface area contributed by atoms with Gasteiger partial charge >= 0.3 is 0 Å². The lowest BCUT2D eigenvalue weighted by molar-refractivity contribution is -0.120. The van der Waals surface area contributed by atoms with Crippen molar-refractivity contribution in [1.29, 1.82) is 0 Å². The largest absolute Gasteiger partial charge is 0.297 e. The Balaban J connectivity index is 1.39. The van der Waals surface area contributed by atoms with Gasteiger partial charge in [-0.05, 0) is 61.4 Å². The van der Waals surface area contributed by atoms with Crippen LogP contribution in [0.15, 0.2) is 66.6 Å². The molecule has 214 valence electrons. The van der Waals surface area contributed by atoms with Crippen LogP contribution in [-0.2, 0) is 9.54 Å². The van der Waals surface area contributed by atoms with Crippen LogP contribution in [0, 0.1) is 0 Å². The van der Waals surface area contributed by atoms with Gasteiger partial charge in [0.25, 0.3) is 0 Å². The fraction of sp³-hybridized carbons (Fsp3) is 0.471. The van der Waals surface area contributed by atoms with E-state index in [0.29, 0.717) is 18.6 Å². The first-order valence-corrected chi connectivity index (χ1v) is 18.2. The van der Waals surface area contributed by atoms with E-state index in [9.17, 15) is 9.59 Å². The molecule has 2 nitrogen and oxygen atoms in total. The van der Waals surface area contributed by atoms with Crippen LogP contribution in [0.25, 0.3) is 9.75 Å². The second-order valence-electron chi connectivity index (χ2n) is 10.6. The van der Waals surface area contributed by atoms with Crippen molar-refractivity contribution in [3.63, 3.8) is 0 Å². The molecule has 4 heterocycles. The maximum Gasteiger partial charge on any atom is 0.172 e. The number of Topliss-reactive ketones (excluding diaryl/α,β-unsaturated/α-hetero) is 2. The van der Waals surface area contributed by atoms with Gasteiger partial charge in [0.15, 0.2) is 11.6 Å². The van der Waals surface area contributed by atoms with Gasteiger partial charge in [0.05, 0.1) is 10.1 Å². The molecule has 0 spiro atoms. The molecule has 0 bridgehead atoms. The highest BCUT2D eigenvalue weighted by Gasteiger charge is 2.45. The van der Waals surface area contributed by atoms with E-state index in [1.54, 1.807) is 45.8 Å². The Bertz CT molecular complexity index is 1250. The van der Waals surface area contributed by atoms with E-state index in [1.807, 2.05) is 12.1 Å². The van der Waals surface area contributed by atoms with Crippen LogP contribution in [0.1, 0.15) is 115 Å². The zero-order valence-electron chi connectivity index (χ0n) is 23.7. The number of hydrogen-bond donors (Lipinski definition) is 0. The van der Waals surface area contributed by atoms with Crippen LogP contribution < -0.4 is 0 Å². The summed E-state index contributed by atoms with van der Waals surface area (Å²) in [6.45, 7) is 5.98. The highest BCUT2D eigenvalue weighted by molar-refractivity contribution is 8.02. The van der Waals surface area contributed by atoms with Gasteiger partial charge in [0, 0.05) is 32.4 Å². The van der Waals surface area contributed by atoms with Crippen LogP contribution >= 0.6 is 45.8 Å². The van der Waals surface area contributed by atoms with Crippen LogP contribution in [0.2, 0.25) is 0 Å². The van der Waals surface area contributed by atoms with Gasteiger partial charge in [-0.25, -0.2) is 0 Å². The van der Waals surface area contributed by atoms with Gasteiger partial charge in [-0.15, -0.1) is 52.4 Å². The van der Waals surface area contributed by atoms with Crippen LogP contribution in [0.5, 0.6) is 0 Å². The zero-order chi connectivity index (χ0) is 28.2. The minimum Gasteiger partial charge on any atom is -0.297 e. The molecule has 0 N–H and O–H groups in total. The number of allylic oxidation sites excluding steroid dienone is 1. The summed E-state index contributed by atoms with van der Waals surface area (Å²) in [4.78, 5) is 32.4. The van der Waals surface area contributed by atoms with Crippen molar-refractivity contribution in [2.45, 2.75) is 100 Å². The quantitative estimate of drug-likeness (QED) is 0.0769. The molecule has 4 rings (SSSR count). The number of hydrogen-bond acceptors (Lipinski definition) is 6. The summed E-state index contributed by atoms with van der Waals surface area (Å²) < 4.78 is -0.642. The molecule has 0 saturated carbocycles.